The number of nitrogens with two attached hydrogens (primary N) is 1. The Bertz CT molecular complexity index is 362. The van der Waals surface area contributed by atoms with Crippen molar-refractivity contribution in [2.24, 2.45) is 22.6 Å². The van der Waals surface area contributed by atoms with Gasteiger partial charge in [0.05, 0.1) is 12.1 Å². The van der Waals surface area contributed by atoms with Crippen LogP contribution in [0.2, 0.25) is 0 Å². The van der Waals surface area contributed by atoms with Gasteiger partial charge in [0.2, 0.25) is 0 Å². The van der Waals surface area contributed by atoms with Crippen molar-refractivity contribution >= 4 is 5.96 Å². The lowest BCUT2D eigenvalue weighted by Crippen LogP contribution is -2.56. The fourth-order valence-electron chi connectivity index (χ4n) is 4.12. The smallest absolute Gasteiger partial charge is 0.191 e. The van der Waals surface area contributed by atoms with Crippen LogP contribution >= 0.6 is 0 Å². The normalized spacial score (nSPS) is 29.7. The summed E-state index contributed by atoms with van der Waals surface area (Å²) in [5.74, 6) is 2.39. The zero-order valence-electron chi connectivity index (χ0n) is 14.4. The van der Waals surface area contributed by atoms with E-state index in [9.17, 15) is 0 Å². The summed E-state index contributed by atoms with van der Waals surface area (Å²) in [7, 11) is 0. The zero-order valence-corrected chi connectivity index (χ0v) is 14.4. The van der Waals surface area contributed by atoms with Gasteiger partial charge in [-0.3, -0.25) is 4.99 Å². The van der Waals surface area contributed by atoms with E-state index in [1.807, 2.05) is 0 Å². The third kappa shape index (κ3) is 3.53. The fraction of sp³-hybridized carbons (Fsp3) is 0.941. The fourth-order valence-corrected chi connectivity index (χ4v) is 4.12. The van der Waals surface area contributed by atoms with Gasteiger partial charge in [0.25, 0.3) is 0 Å². The first-order valence-electron chi connectivity index (χ1n) is 8.82. The van der Waals surface area contributed by atoms with Gasteiger partial charge in [0, 0.05) is 13.1 Å². The summed E-state index contributed by atoms with van der Waals surface area (Å²) >= 11 is 0. The van der Waals surface area contributed by atoms with E-state index < -0.39 is 0 Å². The minimum Gasteiger partial charge on any atom is -0.370 e. The van der Waals surface area contributed by atoms with E-state index in [4.69, 9.17) is 5.73 Å². The highest BCUT2D eigenvalue weighted by molar-refractivity contribution is 5.81. The lowest BCUT2D eigenvalue weighted by molar-refractivity contribution is 0.0824. The molecule has 122 valence electrons. The van der Waals surface area contributed by atoms with Crippen LogP contribution in [0.5, 0.6) is 0 Å². The second-order valence-corrected chi connectivity index (χ2v) is 7.18. The highest BCUT2D eigenvalue weighted by Crippen LogP contribution is 2.42. The first kappa shape index (κ1) is 16.6. The first-order chi connectivity index (χ1) is 10.0. The quantitative estimate of drug-likeness (QED) is 0.819. The zero-order chi connectivity index (χ0) is 15.5. The van der Waals surface area contributed by atoms with E-state index in [-0.39, 0.29) is 5.54 Å². The van der Waals surface area contributed by atoms with Crippen LogP contribution in [0.4, 0.5) is 0 Å². The maximum atomic E-state index is 6.23. The third-order valence-electron chi connectivity index (χ3n) is 5.72. The molecule has 2 unspecified atom stereocenters. The van der Waals surface area contributed by atoms with Crippen LogP contribution in [-0.4, -0.2) is 54.0 Å². The molecule has 0 amide bonds. The van der Waals surface area contributed by atoms with Crippen molar-refractivity contribution in [3.63, 3.8) is 0 Å². The van der Waals surface area contributed by atoms with E-state index in [1.165, 1.54) is 25.7 Å². The topological polar surface area (TPSA) is 44.9 Å². The molecule has 4 nitrogen and oxygen atoms in total. The molecule has 21 heavy (non-hydrogen) atoms. The Hall–Kier alpha value is -0.770. The highest BCUT2D eigenvalue weighted by Gasteiger charge is 2.45. The maximum absolute atomic E-state index is 6.23. The molecule has 0 aromatic rings. The Kier molecular flexibility index (Phi) is 5.53. The highest BCUT2D eigenvalue weighted by atomic mass is 15.4. The summed E-state index contributed by atoms with van der Waals surface area (Å²) in [5.41, 5.74) is 6.46. The number of aliphatic imine (C=N–C) groups is 1. The minimum absolute atomic E-state index is 0.227. The second-order valence-electron chi connectivity index (χ2n) is 7.18. The summed E-state index contributed by atoms with van der Waals surface area (Å²) in [6, 6.07) is 0. The molecule has 0 saturated heterocycles. The molecule has 0 bridgehead atoms. The minimum atomic E-state index is 0.227. The molecule has 4 heteroatoms. The van der Waals surface area contributed by atoms with Crippen molar-refractivity contribution in [1.29, 1.82) is 0 Å². The molecule has 2 N–H and O–H groups in total. The van der Waals surface area contributed by atoms with Crippen molar-refractivity contribution < 1.29 is 0 Å². The molecule has 2 atom stereocenters. The van der Waals surface area contributed by atoms with Gasteiger partial charge in [-0.15, -0.1) is 0 Å². The van der Waals surface area contributed by atoms with Gasteiger partial charge in [-0.25, -0.2) is 0 Å². The monoisotopic (exact) mass is 294 g/mol. The van der Waals surface area contributed by atoms with Crippen LogP contribution in [-0.2, 0) is 0 Å². The van der Waals surface area contributed by atoms with Gasteiger partial charge in [-0.2, -0.15) is 0 Å². The number of hydrogen-bond donors (Lipinski definition) is 1. The number of hydrogen-bond acceptors (Lipinski definition) is 4. The molecule has 1 spiro atoms. The van der Waals surface area contributed by atoms with Crippen LogP contribution in [0.25, 0.3) is 0 Å². The summed E-state index contributed by atoms with van der Waals surface area (Å²) in [6.07, 6.45) is 5.24. The maximum Gasteiger partial charge on any atom is 0.191 e. The van der Waals surface area contributed by atoms with E-state index in [1.54, 1.807) is 0 Å². The summed E-state index contributed by atoms with van der Waals surface area (Å²) in [4.78, 5) is 9.54. The Morgan fingerprint density at radius 2 is 2.10 bits per heavy atom. The second kappa shape index (κ2) is 6.99. The predicted molar refractivity (Wildman–Crippen MR) is 90.5 cm³/mol. The third-order valence-corrected chi connectivity index (χ3v) is 5.72. The molecule has 2 aliphatic rings. The summed E-state index contributed by atoms with van der Waals surface area (Å²) in [6.45, 7) is 14.5. The number of nitrogens with zero attached hydrogens (tertiary/aromatic N) is 3. The average Bonchev–Trinajstić information content (AvgIpc) is 2.77. The van der Waals surface area contributed by atoms with Crippen LogP contribution in [0.1, 0.15) is 53.4 Å². The van der Waals surface area contributed by atoms with Gasteiger partial charge in [-0.05, 0) is 37.8 Å². The van der Waals surface area contributed by atoms with Gasteiger partial charge in [0.15, 0.2) is 5.96 Å². The molecule has 1 heterocycles. The Morgan fingerprint density at radius 3 is 2.71 bits per heavy atom. The Balaban J connectivity index is 2.04. The molecule has 1 aliphatic heterocycles. The predicted octanol–water partition coefficient (Wildman–Crippen LogP) is 2.54. The van der Waals surface area contributed by atoms with E-state index in [2.05, 4.69) is 42.5 Å². The van der Waals surface area contributed by atoms with Crippen molar-refractivity contribution in [3.05, 3.63) is 0 Å². The SMILES string of the molecule is CCN(CC)CCN1C(N)=NCC12CCCC(C(C)C)C2. The van der Waals surface area contributed by atoms with Gasteiger partial charge in [-0.1, -0.05) is 40.5 Å². The molecular formula is C17H34N4. The van der Waals surface area contributed by atoms with Crippen LogP contribution in [0.15, 0.2) is 4.99 Å². The van der Waals surface area contributed by atoms with Crippen LogP contribution in [0, 0.1) is 11.8 Å². The summed E-state index contributed by atoms with van der Waals surface area (Å²) < 4.78 is 0. The lowest BCUT2D eigenvalue weighted by atomic mass is 9.71. The van der Waals surface area contributed by atoms with E-state index in [0.29, 0.717) is 0 Å². The standard InChI is InChI=1S/C17H34N4/c1-5-20(6-2)10-11-21-16(18)19-13-17(21)9-7-8-15(12-17)14(3)4/h14-15H,5-13H2,1-4H3,(H2,18,19). The van der Waals surface area contributed by atoms with Crippen molar-refractivity contribution in [3.8, 4) is 0 Å². The molecule has 0 aromatic heterocycles. The van der Waals surface area contributed by atoms with Crippen molar-refractivity contribution in [2.45, 2.75) is 58.9 Å². The molecule has 0 radical (unpaired) electrons. The van der Waals surface area contributed by atoms with Crippen molar-refractivity contribution in [2.75, 3.05) is 32.7 Å². The molecule has 1 aliphatic carbocycles. The largest absolute Gasteiger partial charge is 0.370 e. The lowest BCUT2D eigenvalue weighted by Gasteiger charge is -2.46. The first-order valence-corrected chi connectivity index (χ1v) is 8.82. The molecular weight excluding hydrogens is 260 g/mol. The molecule has 2 rings (SSSR count). The number of rotatable bonds is 6. The molecule has 1 saturated carbocycles. The van der Waals surface area contributed by atoms with Crippen molar-refractivity contribution in [1.82, 2.24) is 9.80 Å². The van der Waals surface area contributed by atoms with Crippen LogP contribution < -0.4 is 5.73 Å². The van der Waals surface area contributed by atoms with Gasteiger partial charge >= 0.3 is 0 Å². The number of guanidine groups is 1. The van der Waals surface area contributed by atoms with Gasteiger partial charge < -0.3 is 15.5 Å². The van der Waals surface area contributed by atoms with Crippen LogP contribution in [0.3, 0.4) is 0 Å². The van der Waals surface area contributed by atoms with E-state index in [0.717, 1.165) is 50.5 Å². The Morgan fingerprint density at radius 1 is 1.38 bits per heavy atom. The van der Waals surface area contributed by atoms with E-state index >= 15 is 0 Å². The average molecular weight is 294 g/mol. The number of likely N-dealkylation sites (N-methyl/N-ethyl adjacent to an activating group) is 1. The Labute approximate surface area is 130 Å². The molecule has 1 fully saturated rings. The summed E-state index contributed by atoms with van der Waals surface area (Å²) in [5, 5.41) is 0. The molecule has 0 aromatic carbocycles. The van der Waals surface area contributed by atoms with Gasteiger partial charge in [0.1, 0.15) is 0 Å².